The van der Waals surface area contributed by atoms with Crippen LogP contribution in [0.4, 0.5) is 4.39 Å². The number of hydrazone groups is 1. The summed E-state index contributed by atoms with van der Waals surface area (Å²) in [6, 6.07) is 11.4. The molecule has 1 aromatic carbocycles. The van der Waals surface area contributed by atoms with E-state index in [-0.39, 0.29) is 11.6 Å². The van der Waals surface area contributed by atoms with Gasteiger partial charge < -0.3 is 9.14 Å². The van der Waals surface area contributed by atoms with Gasteiger partial charge in [0, 0.05) is 17.3 Å². The highest BCUT2D eigenvalue weighted by Crippen LogP contribution is 2.24. The van der Waals surface area contributed by atoms with E-state index in [1.54, 1.807) is 0 Å². The van der Waals surface area contributed by atoms with Gasteiger partial charge in [0.25, 0.3) is 0 Å². The standard InChI is InChI=1S/C21H20FN3O2/c1-15-18(14-23-24-10-12-27-13-11-24)19-4-2-3-9-25(19)20(15)21(26)16-5-7-17(22)8-6-16/h2-9,14H,10-13H2,1H3. The van der Waals surface area contributed by atoms with Crippen LogP contribution in [-0.4, -0.2) is 47.7 Å². The maximum absolute atomic E-state index is 13.2. The molecule has 0 spiro atoms. The van der Waals surface area contributed by atoms with Crippen LogP contribution < -0.4 is 0 Å². The predicted molar refractivity (Wildman–Crippen MR) is 102 cm³/mol. The molecule has 3 aromatic rings. The first kappa shape index (κ1) is 17.4. The Labute approximate surface area is 156 Å². The molecule has 27 heavy (non-hydrogen) atoms. The lowest BCUT2D eigenvalue weighted by atomic mass is 10.0. The van der Waals surface area contributed by atoms with Crippen LogP contribution in [0.5, 0.6) is 0 Å². The molecule has 4 rings (SSSR count). The summed E-state index contributed by atoms with van der Waals surface area (Å²) < 4.78 is 20.4. The number of ketones is 1. The predicted octanol–water partition coefficient (Wildman–Crippen LogP) is 3.28. The summed E-state index contributed by atoms with van der Waals surface area (Å²) in [5.74, 6) is -0.499. The molecule has 2 aromatic heterocycles. The number of morpholine rings is 1. The van der Waals surface area contributed by atoms with E-state index in [0.717, 1.165) is 29.7 Å². The van der Waals surface area contributed by atoms with Crippen LogP contribution in [0.3, 0.4) is 0 Å². The molecular weight excluding hydrogens is 345 g/mol. The quantitative estimate of drug-likeness (QED) is 0.527. The van der Waals surface area contributed by atoms with Crippen LogP contribution in [-0.2, 0) is 4.74 Å². The maximum Gasteiger partial charge on any atom is 0.210 e. The zero-order valence-corrected chi connectivity index (χ0v) is 15.1. The van der Waals surface area contributed by atoms with E-state index in [9.17, 15) is 9.18 Å². The number of ether oxygens (including phenoxy) is 1. The first-order chi connectivity index (χ1) is 13.1. The lowest BCUT2D eigenvalue weighted by molar-refractivity contribution is 0.0397. The number of carbonyl (C=O) groups excluding carboxylic acids is 1. The van der Waals surface area contributed by atoms with Gasteiger partial charge in [-0.1, -0.05) is 6.07 Å². The molecule has 138 valence electrons. The van der Waals surface area contributed by atoms with Gasteiger partial charge in [-0.3, -0.25) is 9.80 Å². The lowest BCUT2D eigenvalue weighted by Gasteiger charge is -2.23. The molecule has 1 saturated heterocycles. The molecule has 0 atom stereocenters. The summed E-state index contributed by atoms with van der Waals surface area (Å²) in [4.78, 5) is 13.1. The lowest BCUT2D eigenvalue weighted by Crippen LogP contribution is -2.32. The van der Waals surface area contributed by atoms with Crippen LogP contribution in [0, 0.1) is 12.7 Å². The van der Waals surface area contributed by atoms with E-state index in [1.807, 2.05) is 46.9 Å². The molecule has 5 nitrogen and oxygen atoms in total. The van der Waals surface area contributed by atoms with Crippen molar-refractivity contribution in [3.8, 4) is 0 Å². The molecule has 1 fully saturated rings. The summed E-state index contributed by atoms with van der Waals surface area (Å²) in [6.07, 6.45) is 3.68. The van der Waals surface area contributed by atoms with Crippen LogP contribution in [0.25, 0.3) is 5.52 Å². The summed E-state index contributed by atoms with van der Waals surface area (Å²) in [5.41, 5.74) is 3.71. The van der Waals surface area contributed by atoms with Crippen molar-refractivity contribution in [1.82, 2.24) is 9.41 Å². The fourth-order valence-corrected chi connectivity index (χ4v) is 3.35. The Hall–Kier alpha value is -2.99. The van der Waals surface area contributed by atoms with Crippen LogP contribution in [0.15, 0.2) is 53.8 Å². The zero-order valence-electron chi connectivity index (χ0n) is 15.1. The van der Waals surface area contributed by atoms with Crippen LogP contribution in [0.1, 0.15) is 27.2 Å². The van der Waals surface area contributed by atoms with Gasteiger partial charge >= 0.3 is 0 Å². The number of nitrogens with zero attached hydrogens (tertiary/aromatic N) is 3. The van der Waals surface area contributed by atoms with Crippen molar-refractivity contribution >= 4 is 17.5 Å². The minimum Gasteiger partial charge on any atom is -0.378 e. The number of carbonyl (C=O) groups is 1. The Morgan fingerprint density at radius 2 is 1.89 bits per heavy atom. The van der Waals surface area contributed by atoms with Crippen LogP contribution in [0.2, 0.25) is 0 Å². The van der Waals surface area contributed by atoms with E-state index in [4.69, 9.17) is 4.74 Å². The third-order valence-corrected chi connectivity index (χ3v) is 4.80. The Morgan fingerprint density at radius 1 is 1.15 bits per heavy atom. The molecule has 0 unspecified atom stereocenters. The van der Waals surface area contributed by atoms with Crippen LogP contribution >= 0.6 is 0 Å². The second-order valence-corrected chi connectivity index (χ2v) is 6.49. The number of hydrogen-bond donors (Lipinski definition) is 0. The van der Waals surface area contributed by atoms with Gasteiger partial charge in [0.05, 0.1) is 43.7 Å². The summed E-state index contributed by atoms with van der Waals surface area (Å²) in [6.45, 7) is 4.76. The number of aromatic nitrogens is 1. The third-order valence-electron chi connectivity index (χ3n) is 4.80. The second kappa shape index (κ2) is 7.32. The van der Waals surface area contributed by atoms with Crippen molar-refractivity contribution in [3.63, 3.8) is 0 Å². The topological polar surface area (TPSA) is 46.3 Å². The van der Waals surface area contributed by atoms with Gasteiger partial charge in [0.15, 0.2) is 0 Å². The second-order valence-electron chi connectivity index (χ2n) is 6.49. The Kier molecular flexibility index (Phi) is 4.73. The Morgan fingerprint density at radius 3 is 2.63 bits per heavy atom. The van der Waals surface area contributed by atoms with Crippen molar-refractivity contribution in [2.24, 2.45) is 5.10 Å². The van der Waals surface area contributed by atoms with Gasteiger partial charge in [0.1, 0.15) is 5.82 Å². The molecular formula is C21H20FN3O2. The molecule has 6 heteroatoms. The molecule has 3 heterocycles. The fraction of sp³-hybridized carbons (Fsp3) is 0.238. The minimum atomic E-state index is -0.360. The average molecular weight is 365 g/mol. The van der Waals surface area contributed by atoms with E-state index >= 15 is 0 Å². The third kappa shape index (κ3) is 3.36. The van der Waals surface area contributed by atoms with Crippen molar-refractivity contribution in [2.75, 3.05) is 26.3 Å². The van der Waals surface area contributed by atoms with Crippen molar-refractivity contribution in [1.29, 1.82) is 0 Å². The summed E-state index contributed by atoms with van der Waals surface area (Å²) >= 11 is 0. The van der Waals surface area contributed by atoms with Crippen molar-refractivity contribution < 1.29 is 13.9 Å². The van der Waals surface area contributed by atoms with E-state index in [1.165, 1.54) is 24.3 Å². The molecule has 0 bridgehead atoms. The average Bonchev–Trinajstić information content (AvgIpc) is 2.98. The number of hydrogen-bond acceptors (Lipinski definition) is 4. The molecule has 0 amide bonds. The first-order valence-electron chi connectivity index (χ1n) is 8.92. The SMILES string of the molecule is Cc1c(C=NN2CCOCC2)c2ccccn2c1C(=O)c1ccc(F)cc1. The summed E-state index contributed by atoms with van der Waals surface area (Å²) in [5, 5.41) is 6.54. The van der Waals surface area contributed by atoms with Gasteiger partial charge in [-0.05, 0) is 48.9 Å². The van der Waals surface area contributed by atoms with Gasteiger partial charge in [0.2, 0.25) is 5.78 Å². The molecule has 1 aliphatic rings. The monoisotopic (exact) mass is 365 g/mol. The maximum atomic E-state index is 13.2. The van der Waals surface area contributed by atoms with Gasteiger partial charge in [-0.25, -0.2) is 4.39 Å². The largest absolute Gasteiger partial charge is 0.378 e. The highest BCUT2D eigenvalue weighted by Gasteiger charge is 2.21. The molecule has 0 N–H and O–H groups in total. The molecule has 0 radical (unpaired) electrons. The molecule has 0 saturated carbocycles. The van der Waals surface area contributed by atoms with E-state index in [2.05, 4.69) is 5.10 Å². The van der Waals surface area contributed by atoms with Crippen molar-refractivity contribution in [2.45, 2.75) is 6.92 Å². The molecule has 1 aliphatic heterocycles. The highest BCUT2D eigenvalue weighted by molar-refractivity contribution is 6.11. The Balaban J connectivity index is 1.77. The van der Waals surface area contributed by atoms with E-state index in [0.29, 0.717) is 24.5 Å². The molecule has 0 aliphatic carbocycles. The Bertz CT molecular complexity index is 1000. The number of halogens is 1. The smallest absolute Gasteiger partial charge is 0.210 e. The van der Waals surface area contributed by atoms with Gasteiger partial charge in [-0.2, -0.15) is 5.10 Å². The number of fused-ring (bicyclic) bond motifs is 1. The minimum absolute atomic E-state index is 0.139. The summed E-state index contributed by atoms with van der Waals surface area (Å²) in [7, 11) is 0. The van der Waals surface area contributed by atoms with Crippen molar-refractivity contribution in [3.05, 3.63) is 76.9 Å². The van der Waals surface area contributed by atoms with E-state index < -0.39 is 0 Å². The first-order valence-corrected chi connectivity index (χ1v) is 8.92. The number of pyridine rings is 1. The normalized spacial score (nSPS) is 15.0. The number of rotatable bonds is 4. The zero-order chi connectivity index (χ0) is 18.8. The number of benzene rings is 1. The highest BCUT2D eigenvalue weighted by atomic mass is 19.1. The van der Waals surface area contributed by atoms with Gasteiger partial charge in [-0.15, -0.1) is 0 Å². The fourth-order valence-electron chi connectivity index (χ4n) is 3.35.